The molecule has 2 aliphatic heterocycles. The maximum Gasteiger partial charge on any atom is 0.327 e. The van der Waals surface area contributed by atoms with Crippen molar-refractivity contribution < 1.29 is 24.3 Å². The number of benzene rings is 2. The number of carbonyl (C=O) groups is 4. The molecule has 2 aromatic carbocycles. The molecule has 0 radical (unpaired) electrons. The highest BCUT2D eigenvalue weighted by Gasteiger charge is 2.64. The summed E-state index contributed by atoms with van der Waals surface area (Å²) in [5.41, 5.74) is 1.18. The highest BCUT2D eigenvalue weighted by molar-refractivity contribution is 8.01. The van der Waals surface area contributed by atoms with E-state index >= 15 is 0 Å². The Labute approximate surface area is 212 Å². The van der Waals surface area contributed by atoms with E-state index in [2.05, 4.69) is 16.0 Å². The zero-order chi connectivity index (χ0) is 26.0. The van der Waals surface area contributed by atoms with Crippen LogP contribution in [0.25, 0.3) is 0 Å². The van der Waals surface area contributed by atoms with E-state index in [0.29, 0.717) is 11.3 Å². The molecule has 2 aromatic rings. The molecule has 188 valence electrons. The SMILES string of the molecule is CC1(C)S[C@@H]2[C@H](NC(=O)C(NC(=O)CC(=N)Nc3ccccc3)c3ccccc3)C(=O)N2[C@H]1C(=O)O. The molecular formula is C25H27N5O5S. The number of aliphatic carboxylic acids is 1. The van der Waals surface area contributed by atoms with Crippen molar-refractivity contribution in [2.45, 2.75) is 48.5 Å². The number of para-hydroxylation sites is 1. The summed E-state index contributed by atoms with van der Waals surface area (Å²) in [5, 5.41) is 25.4. The Morgan fingerprint density at radius 3 is 2.31 bits per heavy atom. The second-order valence-corrected chi connectivity index (χ2v) is 10.9. The summed E-state index contributed by atoms with van der Waals surface area (Å²) < 4.78 is -0.717. The molecule has 11 heteroatoms. The van der Waals surface area contributed by atoms with Crippen molar-refractivity contribution in [2.24, 2.45) is 0 Å². The van der Waals surface area contributed by atoms with Crippen molar-refractivity contribution in [1.82, 2.24) is 15.5 Å². The monoisotopic (exact) mass is 509 g/mol. The smallest absolute Gasteiger partial charge is 0.327 e. The standard InChI is InChI=1S/C25H27N5O5S/c1-25(2)20(24(34)35)30-22(33)19(23(30)36-25)29-21(32)18(14-9-5-3-6-10-14)28-17(31)13-16(26)27-15-11-7-4-8-12-15/h3-12,18-20,23H,13H2,1-2H3,(H2,26,27)(H,28,31)(H,29,32)(H,34,35)/t18?,19-,20+,23-/m1/s1. The molecule has 0 aromatic heterocycles. The van der Waals surface area contributed by atoms with E-state index in [1.165, 1.54) is 16.7 Å². The Morgan fingerprint density at radius 2 is 1.69 bits per heavy atom. The molecule has 4 atom stereocenters. The van der Waals surface area contributed by atoms with Crippen LogP contribution in [0.3, 0.4) is 0 Å². The number of hydrogen-bond acceptors (Lipinski definition) is 6. The zero-order valence-corrected chi connectivity index (χ0v) is 20.5. The highest BCUT2D eigenvalue weighted by atomic mass is 32.2. The molecule has 36 heavy (non-hydrogen) atoms. The molecule has 5 N–H and O–H groups in total. The van der Waals surface area contributed by atoms with Crippen molar-refractivity contribution in [3.8, 4) is 0 Å². The molecule has 2 saturated heterocycles. The Bertz CT molecular complexity index is 1190. The normalized spacial score (nSPS) is 22.6. The summed E-state index contributed by atoms with van der Waals surface area (Å²) in [5.74, 6) is -2.73. The third-order valence-corrected chi connectivity index (χ3v) is 7.65. The van der Waals surface area contributed by atoms with Crippen molar-refractivity contribution in [2.75, 3.05) is 5.32 Å². The maximum absolute atomic E-state index is 13.3. The first-order valence-electron chi connectivity index (χ1n) is 11.4. The molecule has 2 aliphatic rings. The Kier molecular flexibility index (Phi) is 7.02. The average molecular weight is 510 g/mol. The Balaban J connectivity index is 1.44. The van der Waals surface area contributed by atoms with E-state index in [4.69, 9.17) is 5.41 Å². The minimum absolute atomic E-state index is 0.0416. The number of carbonyl (C=O) groups excluding carboxylic acids is 3. The summed E-state index contributed by atoms with van der Waals surface area (Å²) in [6.07, 6.45) is -0.283. The number of rotatable bonds is 8. The number of nitrogens with zero attached hydrogens (tertiary/aromatic N) is 1. The number of carboxylic acid groups (broad SMARTS) is 1. The van der Waals surface area contributed by atoms with Crippen molar-refractivity contribution in [3.05, 3.63) is 66.2 Å². The van der Waals surface area contributed by atoms with Gasteiger partial charge in [0.05, 0.1) is 6.42 Å². The van der Waals surface area contributed by atoms with Gasteiger partial charge in [-0.05, 0) is 31.5 Å². The molecule has 2 fully saturated rings. The number of carboxylic acids is 1. The number of hydrogen-bond donors (Lipinski definition) is 5. The minimum atomic E-state index is -1.10. The lowest BCUT2D eigenvalue weighted by Crippen LogP contribution is -2.71. The van der Waals surface area contributed by atoms with Crippen LogP contribution in [0.2, 0.25) is 0 Å². The second-order valence-electron chi connectivity index (χ2n) is 9.14. The fourth-order valence-electron chi connectivity index (χ4n) is 4.44. The van der Waals surface area contributed by atoms with Gasteiger partial charge < -0.3 is 26.0 Å². The quantitative estimate of drug-likeness (QED) is 0.207. The predicted octanol–water partition coefficient (Wildman–Crippen LogP) is 1.96. The van der Waals surface area contributed by atoms with Gasteiger partial charge in [0.2, 0.25) is 17.7 Å². The lowest BCUT2D eigenvalue weighted by Gasteiger charge is -2.44. The van der Waals surface area contributed by atoms with Gasteiger partial charge in [0, 0.05) is 10.4 Å². The molecule has 1 unspecified atom stereocenters. The van der Waals surface area contributed by atoms with Crippen LogP contribution in [0.5, 0.6) is 0 Å². The van der Waals surface area contributed by atoms with Gasteiger partial charge in [-0.25, -0.2) is 4.79 Å². The first-order chi connectivity index (χ1) is 17.1. The molecular weight excluding hydrogens is 482 g/mol. The molecule has 0 saturated carbocycles. The Hall–Kier alpha value is -3.86. The number of amidine groups is 1. The van der Waals surface area contributed by atoms with Crippen LogP contribution in [0, 0.1) is 5.41 Å². The van der Waals surface area contributed by atoms with Crippen LogP contribution in [-0.2, 0) is 19.2 Å². The molecule has 3 amide bonds. The molecule has 0 bridgehead atoms. The third kappa shape index (κ3) is 5.06. The summed E-state index contributed by atoms with van der Waals surface area (Å²) in [6, 6.07) is 14.6. The van der Waals surface area contributed by atoms with Gasteiger partial charge in [0.25, 0.3) is 0 Å². The fourth-order valence-corrected chi connectivity index (χ4v) is 6.07. The van der Waals surface area contributed by atoms with Gasteiger partial charge in [-0.3, -0.25) is 19.8 Å². The van der Waals surface area contributed by atoms with Crippen LogP contribution in [0.1, 0.15) is 31.9 Å². The van der Waals surface area contributed by atoms with E-state index in [-0.39, 0.29) is 12.3 Å². The number of amides is 3. The lowest BCUT2D eigenvalue weighted by molar-refractivity contribution is -0.161. The van der Waals surface area contributed by atoms with E-state index in [1.54, 1.807) is 68.4 Å². The predicted molar refractivity (Wildman–Crippen MR) is 135 cm³/mol. The number of anilines is 1. The van der Waals surface area contributed by atoms with Crippen LogP contribution < -0.4 is 16.0 Å². The van der Waals surface area contributed by atoms with E-state index < -0.39 is 51.9 Å². The van der Waals surface area contributed by atoms with Crippen molar-refractivity contribution in [3.63, 3.8) is 0 Å². The van der Waals surface area contributed by atoms with Gasteiger partial charge >= 0.3 is 5.97 Å². The van der Waals surface area contributed by atoms with E-state index in [1.807, 2.05) is 6.07 Å². The topological polar surface area (TPSA) is 152 Å². The lowest BCUT2D eigenvalue weighted by atomic mass is 9.95. The molecule has 0 aliphatic carbocycles. The first-order valence-corrected chi connectivity index (χ1v) is 12.2. The number of nitrogens with one attached hydrogen (secondary N) is 4. The molecule has 2 heterocycles. The van der Waals surface area contributed by atoms with Gasteiger partial charge in [0.15, 0.2) is 0 Å². The Morgan fingerprint density at radius 1 is 1.08 bits per heavy atom. The number of β-lactam (4-membered cyclic amide) rings is 1. The third-order valence-electron chi connectivity index (χ3n) is 6.08. The summed E-state index contributed by atoms with van der Waals surface area (Å²) in [6.45, 7) is 3.51. The minimum Gasteiger partial charge on any atom is -0.480 e. The maximum atomic E-state index is 13.3. The van der Waals surface area contributed by atoms with Gasteiger partial charge in [-0.15, -0.1) is 11.8 Å². The first kappa shape index (κ1) is 25.2. The van der Waals surface area contributed by atoms with Crippen LogP contribution in [-0.4, -0.2) is 61.7 Å². The fraction of sp³-hybridized carbons (Fsp3) is 0.320. The van der Waals surface area contributed by atoms with Gasteiger partial charge in [-0.2, -0.15) is 0 Å². The molecule has 4 rings (SSSR count). The molecule has 10 nitrogen and oxygen atoms in total. The van der Waals surface area contributed by atoms with Crippen molar-refractivity contribution in [1.29, 1.82) is 5.41 Å². The molecule has 0 spiro atoms. The van der Waals surface area contributed by atoms with Crippen LogP contribution >= 0.6 is 11.8 Å². The number of fused-ring (bicyclic) bond motifs is 1. The van der Waals surface area contributed by atoms with Crippen LogP contribution in [0.15, 0.2) is 60.7 Å². The summed E-state index contributed by atoms with van der Waals surface area (Å²) in [4.78, 5) is 51.8. The second kappa shape index (κ2) is 10.0. The largest absolute Gasteiger partial charge is 0.480 e. The van der Waals surface area contributed by atoms with Gasteiger partial charge in [-0.1, -0.05) is 48.5 Å². The van der Waals surface area contributed by atoms with E-state index in [0.717, 1.165) is 0 Å². The summed E-state index contributed by atoms with van der Waals surface area (Å²) >= 11 is 1.32. The van der Waals surface area contributed by atoms with Gasteiger partial charge in [0.1, 0.15) is 29.3 Å². The average Bonchev–Trinajstić information content (AvgIpc) is 3.09. The van der Waals surface area contributed by atoms with Crippen molar-refractivity contribution >= 4 is 47.0 Å². The van der Waals surface area contributed by atoms with Crippen LogP contribution in [0.4, 0.5) is 5.69 Å². The zero-order valence-electron chi connectivity index (χ0n) is 19.7. The summed E-state index contributed by atoms with van der Waals surface area (Å²) in [7, 11) is 0. The highest BCUT2D eigenvalue weighted by Crippen LogP contribution is 2.50. The van der Waals surface area contributed by atoms with E-state index in [9.17, 15) is 24.3 Å². The number of thioether (sulfide) groups is 1.